The molecule has 2 fully saturated rings. The van der Waals surface area contributed by atoms with Gasteiger partial charge in [-0.15, -0.1) is 0 Å². The minimum atomic E-state index is -3.67. The molecule has 10 heteroatoms. The van der Waals surface area contributed by atoms with Crippen molar-refractivity contribution in [1.82, 2.24) is 24.5 Å². The molecular weight excluding hydrogens is 474 g/mol. The zero-order chi connectivity index (χ0) is 25.0. The summed E-state index contributed by atoms with van der Waals surface area (Å²) in [5.74, 6) is -0.0434. The number of piperidine rings is 1. The van der Waals surface area contributed by atoms with Gasteiger partial charge in [0.1, 0.15) is 10.7 Å². The largest absolute Gasteiger partial charge is 0.382 e. The van der Waals surface area contributed by atoms with Gasteiger partial charge in [-0.25, -0.2) is 13.4 Å². The zero-order valence-corrected chi connectivity index (χ0v) is 20.6. The second-order valence-corrected chi connectivity index (χ2v) is 11.6. The lowest BCUT2D eigenvalue weighted by Crippen LogP contribution is -2.39. The normalized spacial score (nSPS) is 21.6. The molecule has 0 aliphatic carbocycles. The Morgan fingerprint density at radius 2 is 1.75 bits per heavy atom. The average Bonchev–Trinajstić information content (AvgIpc) is 3.41. The lowest BCUT2D eigenvalue weighted by molar-refractivity contribution is 0.195. The molecule has 0 amide bonds. The van der Waals surface area contributed by atoms with Crippen LogP contribution in [0.15, 0.2) is 59.8 Å². The van der Waals surface area contributed by atoms with E-state index >= 15 is 0 Å². The standard InChI is InChI=1S/C26H25N7O2S/c1-36(34,35)24-23(18-11-19-8-9-20(12-18)32(19)15-27)31-26-21(14-30-33(26)25(24)28)17-7-10-22(29-13-17)16-5-3-2-4-6-16/h2-7,10,13-14,18-20H,8-9,11-12,28H2,1H3/t18-,19+,20?/m1/s1. The second kappa shape index (κ2) is 8.31. The quantitative estimate of drug-likeness (QED) is 0.421. The molecule has 0 spiro atoms. The van der Waals surface area contributed by atoms with Gasteiger partial charge in [-0.3, -0.25) is 4.98 Å². The Morgan fingerprint density at radius 3 is 2.36 bits per heavy atom. The second-order valence-electron chi connectivity index (χ2n) is 9.64. The molecule has 2 N–H and O–H groups in total. The highest BCUT2D eigenvalue weighted by molar-refractivity contribution is 7.91. The summed E-state index contributed by atoms with van der Waals surface area (Å²) in [5, 5.41) is 13.9. The zero-order valence-electron chi connectivity index (χ0n) is 19.7. The first-order valence-electron chi connectivity index (χ1n) is 11.9. The van der Waals surface area contributed by atoms with E-state index in [4.69, 9.17) is 10.7 Å². The Hall–Kier alpha value is -3.97. The minimum absolute atomic E-state index is 0.0389. The van der Waals surface area contributed by atoms with Crippen molar-refractivity contribution >= 4 is 21.3 Å². The molecule has 4 aromatic rings. The Morgan fingerprint density at radius 1 is 1.03 bits per heavy atom. The number of anilines is 1. The van der Waals surface area contributed by atoms with Crippen molar-refractivity contribution in [1.29, 1.82) is 5.26 Å². The number of nitrogens with zero attached hydrogens (tertiary/aromatic N) is 6. The summed E-state index contributed by atoms with van der Waals surface area (Å²) in [6.07, 6.45) is 10.1. The molecule has 182 valence electrons. The third-order valence-electron chi connectivity index (χ3n) is 7.41. The summed E-state index contributed by atoms with van der Waals surface area (Å²) in [7, 11) is -3.67. The van der Waals surface area contributed by atoms with Gasteiger partial charge in [0, 0.05) is 47.1 Å². The van der Waals surface area contributed by atoms with Crippen LogP contribution in [0.5, 0.6) is 0 Å². The minimum Gasteiger partial charge on any atom is -0.382 e. The fraction of sp³-hybridized carbons (Fsp3) is 0.308. The number of nitrogens with two attached hydrogens (primary N) is 1. The molecule has 2 aliphatic rings. The first kappa shape index (κ1) is 22.5. The number of hydrogen-bond acceptors (Lipinski definition) is 8. The van der Waals surface area contributed by atoms with Gasteiger partial charge >= 0.3 is 0 Å². The van der Waals surface area contributed by atoms with Crippen LogP contribution in [-0.4, -0.2) is 51.2 Å². The van der Waals surface area contributed by atoms with Crippen LogP contribution in [0.25, 0.3) is 28.0 Å². The molecule has 0 saturated carbocycles. The summed E-state index contributed by atoms with van der Waals surface area (Å²) >= 11 is 0. The third-order valence-corrected chi connectivity index (χ3v) is 8.57. The molecule has 1 aromatic carbocycles. The van der Waals surface area contributed by atoms with Gasteiger partial charge < -0.3 is 10.6 Å². The summed E-state index contributed by atoms with van der Waals surface area (Å²) in [6, 6.07) is 14.0. The molecule has 3 aromatic heterocycles. The van der Waals surface area contributed by atoms with E-state index in [1.54, 1.807) is 12.4 Å². The van der Waals surface area contributed by atoms with Crippen LogP contribution >= 0.6 is 0 Å². The molecule has 3 atom stereocenters. The predicted molar refractivity (Wildman–Crippen MR) is 135 cm³/mol. The number of hydrogen-bond donors (Lipinski definition) is 1. The van der Waals surface area contributed by atoms with Gasteiger partial charge in [0.05, 0.1) is 17.6 Å². The maximum absolute atomic E-state index is 12.9. The van der Waals surface area contributed by atoms with E-state index in [-0.39, 0.29) is 28.7 Å². The maximum Gasteiger partial charge on any atom is 0.180 e. The number of nitriles is 1. The van der Waals surface area contributed by atoms with E-state index in [1.165, 1.54) is 4.52 Å². The molecule has 2 bridgehead atoms. The molecule has 5 heterocycles. The first-order valence-corrected chi connectivity index (χ1v) is 13.8. The van der Waals surface area contributed by atoms with Gasteiger partial charge in [0.15, 0.2) is 21.7 Å². The number of nitrogen functional groups attached to an aromatic ring is 1. The van der Waals surface area contributed by atoms with Crippen LogP contribution in [-0.2, 0) is 9.84 Å². The van der Waals surface area contributed by atoms with E-state index in [0.29, 0.717) is 24.2 Å². The van der Waals surface area contributed by atoms with Gasteiger partial charge in [0.2, 0.25) is 0 Å². The van der Waals surface area contributed by atoms with Crippen molar-refractivity contribution in [3.8, 4) is 28.6 Å². The highest BCUT2D eigenvalue weighted by Gasteiger charge is 2.43. The van der Waals surface area contributed by atoms with Crippen molar-refractivity contribution in [2.45, 2.75) is 48.6 Å². The number of fused-ring (bicyclic) bond motifs is 3. The average molecular weight is 500 g/mol. The third kappa shape index (κ3) is 3.58. The fourth-order valence-corrected chi connectivity index (χ4v) is 6.83. The molecule has 6 rings (SSSR count). The predicted octanol–water partition coefficient (Wildman–Crippen LogP) is 3.64. The molecule has 2 aliphatic heterocycles. The van der Waals surface area contributed by atoms with E-state index in [2.05, 4.69) is 16.3 Å². The molecule has 1 unspecified atom stereocenters. The smallest absolute Gasteiger partial charge is 0.180 e. The summed E-state index contributed by atoms with van der Waals surface area (Å²) in [6.45, 7) is 0. The number of aromatic nitrogens is 4. The Kier molecular flexibility index (Phi) is 5.19. The lowest BCUT2D eigenvalue weighted by atomic mass is 9.88. The molecule has 2 saturated heterocycles. The van der Waals surface area contributed by atoms with E-state index in [1.807, 2.05) is 47.4 Å². The van der Waals surface area contributed by atoms with E-state index in [0.717, 1.165) is 41.5 Å². The Bertz CT molecular complexity index is 1590. The molecular formula is C26H25N7O2S. The van der Waals surface area contributed by atoms with Gasteiger partial charge in [-0.2, -0.15) is 14.9 Å². The first-order chi connectivity index (χ1) is 17.3. The van der Waals surface area contributed by atoms with Crippen LogP contribution in [0.4, 0.5) is 5.82 Å². The van der Waals surface area contributed by atoms with Crippen LogP contribution in [0, 0.1) is 11.5 Å². The van der Waals surface area contributed by atoms with Crippen LogP contribution in [0.3, 0.4) is 0 Å². The van der Waals surface area contributed by atoms with Gasteiger partial charge in [0.25, 0.3) is 0 Å². The summed E-state index contributed by atoms with van der Waals surface area (Å²) in [4.78, 5) is 11.4. The topological polar surface area (TPSA) is 130 Å². The molecule has 0 radical (unpaired) electrons. The molecule has 9 nitrogen and oxygen atoms in total. The Labute approximate surface area is 209 Å². The maximum atomic E-state index is 12.9. The van der Waals surface area contributed by atoms with Crippen molar-refractivity contribution in [2.24, 2.45) is 0 Å². The summed E-state index contributed by atoms with van der Waals surface area (Å²) in [5.41, 5.74) is 10.8. The highest BCUT2D eigenvalue weighted by Crippen LogP contribution is 2.45. The van der Waals surface area contributed by atoms with Crippen LogP contribution in [0.2, 0.25) is 0 Å². The lowest BCUT2D eigenvalue weighted by Gasteiger charge is -2.35. The highest BCUT2D eigenvalue weighted by atomic mass is 32.2. The van der Waals surface area contributed by atoms with E-state index in [9.17, 15) is 13.7 Å². The van der Waals surface area contributed by atoms with Crippen molar-refractivity contribution in [2.75, 3.05) is 12.0 Å². The van der Waals surface area contributed by atoms with Crippen molar-refractivity contribution in [3.63, 3.8) is 0 Å². The van der Waals surface area contributed by atoms with Gasteiger partial charge in [-0.05, 0) is 31.7 Å². The van der Waals surface area contributed by atoms with Crippen LogP contribution < -0.4 is 5.73 Å². The SMILES string of the molecule is CS(=O)(=O)c1c([C@H]2CC3CC[C@@H](C2)N3C#N)nc2c(-c3ccc(-c4ccccc4)nc3)cnn2c1N. The Balaban J connectivity index is 1.47. The van der Waals surface area contributed by atoms with Crippen LogP contribution in [0.1, 0.15) is 37.3 Å². The van der Waals surface area contributed by atoms with Crippen molar-refractivity contribution < 1.29 is 8.42 Å². The number of benzene rings is 1. The fourth-order valence-electron chi connectivity index (χ4n) is 5.77. The summed E-state index contributed by atoms with van der Waals surface area (Å²) < 4.78 is 27.2. The van der Waals surface area contributed by atoms with E-state index < -0.39 is 9.84 Å². The molecule has 36 heavy (non-hydrogen) atoms. The number of sulfone groups is 1. The number of pyridine rings is 1. The number of rotatable bonds is 4. The van der Waals surface area contributed by atoms with Crippen molar-refractivity contribution in [3.05, 3.63) is 60.6 Å². The monoisotopic (exact) mass is 499 g/mol. The van der Waals surface area contributed by atoms with Gasteiger partial charge in [-0.1, -0.05) is 36.4 Å².